The van der Waals surface area contributed by atoms with Gasteiger partial charge >= 0.3 is 0 Å². The molecule has 0 saturated carbocycles. The molecule has 1 aromatic heterocycles. The predicted octanol–water partition coefficient (Wildman–Crippen LogP) is 3.13. The maximum absolute atomic E-state index is 13.0. The largest absolute Gasteiger partial charge is 0.241 e. The summed E-state index contributed by atoms with van der Waals surface area (Å²) in [7, 11) is 0. The lowest BCUT2D eigenvalue weighted by atomic mass is 10.1. The van der Waals surface area contributed by atoms with E-state index in [0.717, 1.165) is 11.4 Å². The van der Waals surface area contributed by atoms with Crippen molar-refractivity contribution in [2.45, 2.75) is 19.8 Å². The van der Waals surface area contributed by atoms with E-state index < -0.39 is 0 Å². The summed E-state index contributed by atoms with van der Waals surface area (Å²) in [4.78, 5) is 0. The van der Waals surface area contributed by atoms with Crippen LogP contribution in [-0.4, -0.2) is 9.78 Å². The number of hydrogen-bond donors (Lipinski definition) is 0. The SMILES string of the molecule is CC(C)c1ccn(-c2cccc(F)c2)n1. The van der Waals surface area contributed by atoms with Gasteiger partial charge in [-0.25, -0.2) is 9.07 Å². The minimum atomic E-state index is -0.242. The Balaban J connectivity index is 2.37. The Morgan fingerprint density at radius 1 is 1.27 bits per heavy atom. The molecular formula is C12H13FN2. The maximum atomic E-state index is 13.0. The summed E-state index contributed by atoms with van der Waals surface area (Å²) >= 11 is 0. The third-order valence-corrected chi connectivity index (χ3v) is 2.27. The maximum Gasteiger partial charge on any atom is 0.125 e. The molecule has 2 nitrogen and oxygen atoms in total. The summed E-state index contributed by atoms with van der Waals surface area (Å²) in [6.07, 6.45) is 1.85. The highest BCUT2D eigenvalue weighted by Crippen LogP contribution is 2.14. The second-order valence-corrected chi connectivity index (χ2v) is 3.82. The van der Waals surface area contributed by atoms with Crippen molar-refractivity contribution in [1.29, 1.82) is 0 Å². The van der Waals surface area contributed by atoms with Gasteiger partial charge in [-0.15, -0.1) is 0 Å². The molecular weight excluding hydrogens is 191 g/mol. The van der Waals surface area contributed by atoms with E-state index in [2.05, 4.69) is 18.9 Å². The van der Waals surface area contributed by atoms with Crippen molar-refractivity contribution in [3.8, 4) is 5.69 Å². The van der Waals surface area contributed by atoms with Crippen LogP contribution in [0.2, 0.25) is 0 Å². The molecule has 0 amide bonds. The van der Waals surface area contributed by atoms with Gasteiger partial charge in [0.2, 0.25) is 0 Å². The molecule has 0 aliphatic heterocycles. The van der Waals surface area contributed by atoms with Crippen molar-refractivity contribution in [3.05, 3.63) is 48.0 Å². The summed E-state index contributed by atoms with van der Waals surface area (Å²) in [5, 5.41) is 4.37. The Bertz CT molecular complexity index is 460. The molecule has 0 aliphatic rings. The predicted molar refractivity (Wildman–Crippen MR) is 57.6 cm³/mol. The van der Waals surface area contributed by atoms with Crippen LogP contribution in [0.4, 0.5) is 4.39 Å². The molecule has 2 aromatic rings. The van der Waals surface area contributed by atoms with Crippen LogP contribution in [0.1, 0.15) is 25.5 Å². The molecule has 3 heteroatoms. The Hall–Kier alpha value is -1.64. The highest BCUT2D eigenvalue weighted by molar-refractivity contribution is 5.31. The van der Waals surface area contributed by atoms with E-state index in [0.29, 0.717) is 5.92 Å². The van der Waals surface area contributed by atoms with Crippen LogP contribution < -0.4 is 0 Å². The first-order chi connectivity index (χ1) is 7.16. The van der Waals surface area contributed by atoms with Crippen molar-refractivity contribution >= 4 is 0 Å². The zero-order valence-corrected chi connectivity index (χ0v) is 8.81. The van der Waals surface area contributed by atoms with E-state index in [1.165, 1.54) is 12.1 Å². The summed E-state index contributed by atoms with van der Waals surface area (Å²) < 4.78 is 14.7. The fourth-order valence-electron chi connectivity index (χ4n) is 1.41. The lowest BCUT2D eigenvalue weighted by Gasteiger charge is -2.01. The standard InChI is InChI=1S/C12H13FN2/c1-9(2)12-6-7-15(14-12)11-5-3-4-10(13)8-11/h3-9H,1-2H3. The molecule has 0 aliphatic carbocycles. The van der Waals surface area contributed by atoms with Crippen LogP contribution in [0, 0.1) is 5.82 Å². The molecule has 0 radical (unpaired) electrons. The molecule has 0 bridgehead atoms. The Labute approximate surface area is 88.4 Å². The van der Waals surface area contributed by atoms with Gasteiger partial charge in [0.1, 0.15) is 5.82 Å². The fourth-order valence-corrected chi connectivity index (χ4v) is 1.41. The van der Waals surface area contributed by atoms with Gasteiger partial charge in [0.15, 0.2) is 0 Å². The lowest BCUT2D eigenvalue weighted by Crippen LogP contribution is -1.97. The topological polar surface area (TPSA) is 17.8 Å². The van der Waals surface area contributed by atoms with Crippen LogP contribution in [0.15, 0.2) is 36.5 Å². The van der Waals surface area contributed by atoms with E-state index in [1.807, 2.05) is 18.3 Å². The van der Waals surface area contributed by atoms with E-state index in [9.17, 15) is 4.39 Å². The number of nitrogens with zero attached hydrogens (tertiary/aromatic N) is 2. The van der Waals surface area contributed by atoms with Crippen molar-refractivity contribution < 1.29 is 4.39 Å². The van der Waals surface area contributed by atoms with Crippen molar-refractivity contribution in [2.75, 3.05) is 0 Å². The number of halogens is 1. The van der Waals surface area contributed by atoms with Gasteiger partial charge in [-0.1, -0.05) is 19.9 Å². The van der Waals surface area contributed by atoms with Crippen LogP contribution >= 0.6 is 0 Å². The zero-order chi connectivity index (χ0) is 10.8. The van der Waals surface area contributed by atoms with Crippen LogP contribution in [0.3, 0.4) is 0 Å². The molecule has 1 aromatic carbocycles. The Morgan fingerprint density at radius 2 is 2.07 bits per heavy atom. The van der Waals surface area contributed by atoms with Crippen molar-refractivity contribution in [1.82, 2.24) is 9.78 Å². The Morgan fingerprint density at radius 3 is 2.67 bits per heavy atom. The summed E-state index contributed by atoms with van der Waals surface area (Å²) in [5.41, 5.74) is 1.76. The monoisotopic (exact) mass is 204 g/mol. The third kappa shape index (κ3) is 2.06. The molecule has 0 atom stereocenters. The molecule has 0 spiro atoms. The molecule has 0 fully saturated rings. The first-order valence-electron chi connectivity index (χ1n) is 4.98. The highest BCUT2D eigenvalue weighted by Gasteiger charge is 2.04. The first kappa shape index (κ1) is 9.90. The summed E-state index contributed by atoms with van der Waals surface area (Å²) in [6.45, 7) is 4.16. The Kier molecular flexibility index (Phi) is 2.54. The lowest BCUT2D eigenvalue weighted by molar-refractivity contribution is 0.625. The van der Waals surface area contributed by atoms with Gasteiger partial charge in [-0.3, -0.25) is 0 Å². The average Bonchev–Trinajstić information content (AvgIpc) is 2.66. The van der Waals surface area contributed by atoms with Gasteiger partial charge in [0.05, 0.1) is 11.4 Å². The third-order valence-electron chi connectivity index (χ3n) is 2.27. The molecule has 0 N–H and O–H groups in total. The second-order valence-electron chi connectivity index (χ2n) is 3.82. The van der Waals surface area contributed by atoms with E-state index >= 15 is 0 Å². The normalized spacial score (nSPS) is 10.9. The molecule has 0 saturated heterocycles. The van der Waals surface area contributed by atoms with E-state index in [-0.39, 0.29) is 5.82 Å². The van der Waals surface area contributed by atoms with Gasteiger partial charge in [-0.05, 0) is 30.2 Å². The highest BCUT2D eigenvalue weighted by atomic mass is 19.1. The second kappa shape index (κ2) is 3.85. The molecule has 1 heterocycles. The van der Waals surface area contributed by atoms with Crippen molar-refractivity contribution in [2.24, 2.45) is 0 Å². The molecule has 0 unspecified atom stereocenters. The minimum absolute atomic E-state index is 0.242. The van der Waals surface area contributed by atoms with E-state index in [4.69, 9.17) is 0 Å². The average molecular weight is 204 g/mol. The molecule has 78 valence electrons. The summed E-state index contributed by atoms with van der Waals surface area (Å²) in [6, 6.07) is 8.37. The van der Waals surface area contributed by atoms with Gasteiger partial charge in [0, 0.05) is 6.20 Å². The molecule has 15 heavy (non-hydrogen) atoms. The number of benzene rings is 1. The zero-order valence-electron chi connectivity index (χ0n) is 8.81. The van der Waals surface area contributed by atoms with Gasteiger partial charge in [0.25, 0.3) is 0 Å². The first-order valence-corrected chi connectivity index (χ1v) is 4.98. The number of hydrogen-bond acceptors (Lipinski definition) is 1. The minimum Gasteiger partial charge on any atom is -0.241 e. The van der Waals surface area contributed by atoms with Crippen LogP contribution in [0.25, 0.3) is 5.69 Å². The quantitative estimate of drug-likeness (QED) is 0.734. The van der Waals surface area contributed by atoms with Gasteiger partial charge < -0.3 is 0 Å². The fraction of sp³-hybridized carbons (Fsp3) is 0.250. The van der Waals surface area contributed by atoms with Crippen LogP contribution in [0.5, 0.6) is 0 Å². The number of aromatic nitrogens is 2. The summed E-state index contributed by atoms with van der Waals surface area (Å²) in [5.74, 6) is 0.147. The number of rotatable bonds is 2. The van der Waals surface area contributed by atoms with E-state index in [1.54, 1.807) is 10.7 Å². The smallest absolute Gasteiger partial charge is 0.125 e. The van der Waals surface area contributed by atoms with Crippen LogP contribution in [-0.2, 0) is 0 Å². The van der Waals surface area contributed by atoms with Gasteiger partial charge in [-0.2, -0.15) is 5.10 Å². The molecule has 2 rings (SSSR count). The van der Waals surface area contributed by atoms with Crippen molar-refractivity contribution in [3.63, 3.8) is 0 Å².